The van der Waals surface area contributed by atoms with Crippen LogP contribution in [0.5, 0.6) is 0 Å². The van der Waals surface area contributed by atoms with E-state index in [4.69, 9.17) is 0 Å². The molecule has 0 atom stereocenters. The van der Waals surface area contributed by atoms with E-state index in [0.717, 1.165) is 6.71 Å². The first-order valence-corrected chi connectivity index (χ1v) is 5.46. The Morgan fingerprint density at radius 3 is 1.92 bits per heavy atom. The first kappa shape index (κ1) is 11.8. The lowest BCUT2D eigenvalue weighted by Crippen LogP contribution is -2.09. The quantitative estimate of drug-likeness (QED) is 0.373. The van der Waals surface area contributed by atoms with Gasteiger partial charge in [0, 0.05) is 0 Å². The van der Waals surface area contributed by atoms with Crippen molar-refractivity contribution in [3.63, 3.8) is 0 Å². The van der Waals surface area contributed by atoms with Gasteiger partial charge in [-0.25, -0.2) is 0 Å². The monoisotopic (exact) mass is 166 g/mol. The van der Waals surface area contributed by atoms with Crippen molar-refractivity contribution >= 4 is 6.71 Å². The fraction of sp³-hybridized carbons (Fsp3) is 0.818. The third-order valence-corrected chi connectivity index (χ3v) is 2.43. The second-order valence-corrected chi connectivity index (χ2v) is 3.67. The Morgan fingerprint density at radius 2 is 1.58 bits per heavy atom. The zero-order valence-corrected chi connectivity index (χ0v) is 8.81. The predicted octanol–water partition coefficient (Wildman–Crippen LogP) is 4.27. The summed E-state index contributed by atoms with van der Waals surface area (Å²) in [6, 6.07) is 0. The van der Waals surface area contributed by atoms with Gasteiger partial charge in [0.2, 0.25) is 0 Å². The molecule has 0 aliphatic heterocycles. The maximum absolute atomic E-state index is 3.82. The molecule has 0 spiro atoms. The summed E-state index contributed by atoms with van der Waals surface area (Å²) < 4.78 is 0. The molecule has 0 aliphatic carbocycles. The van der Waals surface area contributed by atoms with Crippen LogP contribution < -0.4 is 0 Å². The first-order chi connectivity index (χ1) is 5.85. The van der Waals surface area contributed by atoms with Crippen molar-refractivity contribution in [3.05, 3.63) is 12.7 Å². The molecule has 0 nitrogen and oxygen atoms in total. The summed E-state index contributed by atoms with van der Waals surface area (Å²) in [7, 11) is 0. The van der Waals surface area contributed by atoms with E-state index in [2.05, 4.69) is 26.5 Å². The maximum atomic E-state index is 3.82. The zero-order chi connectivity index (χ0) is 9.23. The molecular weight excluding hydrogens is 143 g/mol. The van der Waals surface area contributed by atoms with Crippen LogP contribution >= 0.6 is 0 Å². The van der Waals surface area contributed by atoms with E-state index >= 15 is 0 Å². The standard InChI is InChI=1S/C11H23B/c1-4-7-10-12(9-6-3)11-8-5-2/h6H,3-5,7-11H2,1-2H3. The van der Waals surface area contributed by atoms with Gasteiger partial charge < -0.3 is 0 Å². The molecule has 0 aliphatic rings. The van der Waals surface area contributed by atoms with E-state index in [0.29, 0.717) is 0 Å². The molecule has 0 aromatic heterocycles. The number of rotatable bonds is 8. The molecule has 0 aromatic rings. The van der Waals surface area contributed by atoms with Crippen molar-refractivity contribution in [2.75, 3.05) is 0 Å². The zero-order valence-electron chi connectivity index (χ0n) is 8.81. The van der Waals surface area contributed by atoms with Crippen molar-refractivity contribution in [3.8, 4) is 0 Å². The summed E-state index contributed by atoms with van der Waals surface area (Å²) in [5.41, 5.74) is 0. The van der Waals surface area contributed by atoms with Crippen molar-refractivity contribution in [1.29, 1.82) is 0 Å². The minimum atomic E-state index is 0.919. The molecule has 12 heavy (non-hydrogen) atoms. The Labute approximate surface area is 78.5 Å². The lowest BCUT2D eigenvalue weighted by Gasteiger charge is -2.09. The van der Waals surface area contributed by atoms with Crippen LogP contribution in [0.1, 0.15) is 39.5 Å². The first-order valence-electron chi connectivity index (χ1n) is 5.46. The Bertz CT molecular complexity index is 91.2. The van der Waals surface area contributed by atoms with Crippen LogP contribution in [-0.4, -0.2) is 6.71 Å². The van der Waals surface area contributed by atoms with Gasteiger partial charge in [0.05, 0.1) is 0 Å². The Hall–Kier alpha value is -0.195. The van der Waals surface area contributed by atoms with Crippen LogP contribution in [0.2, 0.25) is 19.0 Å². The van der Waals surface area contributed by atoms with E-state index in [1.807, 2.05) is 0 Å². The molecule has 0 saturated heterocycles. The van der Waals surface area contributed by atoms with Crippen LogP contribution in [0.4, 0.5) is 0 Å². The van der Waals surface area contributed by atoms with Crippen molar-refractivity contribution < 1.29 is 0 Å². The molecule has 0 bridgehead atoms. The highest BCUT2D eigenvalue weighted by atomic mass is 13.9. The van der Waals surface area contributed by atoms with Gasteiger partial charge in [-0.3, -0.25) is 0 Å². The molecule has 0 heterocycles. The van der Waals surface area contributed by atoms with E-state index in [9.17, 15) is 0 Å². The molecule has 0 radical (unpaired) electrons. The molecule has 0 saturated carbocycles. The molecule has 0 rings (SSSR count). The van der Waals surface area contributed by atoms with Gasteiger partial charge in [-0.05, 0) is 0 Å². The van der Waals surface area contributed by atoms with Crippen LogP contribution in [0.3, 0.4) is 0 Å². The normalized spacial score (nSPS) is 9.83. The van der Waals surface area contributed by atoms with Gasteiger partial charge in [-0.15, -0.1) is 6.58 Å². The SMILES string of the molecule is C=CCB(CCCC)CCCC. The topological polar surface area (TPSA) is 0 Å². The molecule has 1 heteroatoms. The summed E-state index contributed by atoms with van der Waals surface area (Å²) in [6.45, 7) is 9.27. The average Bonchev–Trinajstić information content (AvgIpc) is 2.10. The van der Waals surface area contributed by atoms with Crippen molar-refractivity contribution in [2.24, 2.45) is 0 Å². The predicted molar refractivity (Wildman–Crippen MR) is 60.2 cm³/mol. The molecular formula is C11H23B. The number of unbranched alkanes of at least 4 members (excludes halogenated alkanes) is 2. The second kappa shape index (κ2) is 8.90. The molecule has 0 N–H and O–H groups in total. The number of hydrogen-bond donors (Lipinski definition) is 0. The van der Waals surface area contributed by atoms with Crippen LogP contribution in [0.15, 0.2) is 12.7 Å². The van der Waals surface area contributed by atoms with Gasteiger partial charge in [0.15, 0.2) is 0 Å². The smallest absolute Gasteiger partial charge is 0.104 e. The molecule has 0 aromatic carbocycles. The van der Waals surface area contributed by atoms with Gasteiger partial charge in [0.25, 0.3) is 0 Å². The molecule has 70 valence electrons. The Kier molecular flexibility index (Phi) is 8.75. The van der Waals surface area contributed by atoms with Crippen LogP contribution in [-0.2, 0) is 0 Å². The average molecular weight is 166 g/mol. The third-order valence-electron chi connectivity index (χ3n) is 2.43. The maximum Gasteiger partial charge on any atom is 0.143 e. The highest BCUT2D eigenvalue weighted by molar-refractivity contribution is 6.59. The lowest BCUT2D eigenvalue weighted by molar-refractivity contribution is 0.839. The van der Waals surface area contributed by atoms with Crippen molar-refractivity contribution in [2.45, 2.75) is 58.5 Å². The number of allylic oxidation sites excluding steroid dienone is 1. The van der Waals surface area contributed by atoms with E-state index in [-0.39, 0.29) is 0 Å². The minimum Gasteiger partial charge on any atom is -0.104 e. The van der Waals surface area contributed by atoms with E-state index in [1.54, 1.807) is 0 Å². The van der Waals surface area contributed by atoms with Gasteiger partial charge >= 0.3 is 0 Å². The van der Waals surface area contributed by atoms with Gasteiger partial charge in [-0.2, -0.15) is 0 Å². The fourth-order valence-electron chi connectivity index (χ4n) is 1.60. The molecule has 0 amide bonds. The summed E-state index contributed by atoms with van der Waals surface area (Å²) in [6.07, 6.45) is 11.6. The largest absolute Gasteiger partial charge is 0.143 e. The van der Waals surface area contributed by atoms with E-state index in [1.165, 1.54) is 44.6 Å². The molecule has 0 fully saturated rings. The minimum absolute atomic E-state index is 0.919. The molecule has 0 unspecified atom stereocenters. The third kappa shape index (κ3) is 6.51. The lowest BCUT2D eigenvalue weighted by atomic mass is 9.42. The number of hydrogen-bond acceptors (Lipinski definition) is 0. The summed E-state index contributed by atoms with van der Waals surface area (Å²) in [5, 5.41) is 0. The van der Waals surface area contributed by atoms with Crippen LogP contribution in [0, 0.1) is 0 Å². The van der Waals surface area contributed by atoms with Gasteiger partial charge in [0.1, 0.15) is 6.71 Å². The summed E-state index contributed by atoms with van der Waals surface area (Å²) >= 11 is 0. The summed E-state index contributed by atoms with van der Waals surface area (Å²) in [5.74, 6) is 0. The Balaban J connectivity index is 3.46. The highest BCUT2D eigenvalue weighted by Crippen LogP contribution is 2.13. The van der Waals surface area contributed by atoms with Gasteiger partial charge in [-0.1, -0.05) is 64.6 Å². The fourth-order valence-corrected chi connectivity index (χ4v) is 1.60. The second-order valence-electron chi connectivity index (χ2n) is 3.67. The highest BCUT2D eigenvalue weighted by Gasteiger charge is 2.09. The van der Waals surface area contributed by atoms with Crippen LogP contribution in [0.25, 0.3) is 0 Å². The Morgan fingerprint density at radius 1 is 1.08 bits per heavy atom. The van der Waals surface area contributed by atoms with E-state index < -0.39 is 0 Å². The summed E-state index contributed by atoms with van der Waals surface area (Å²) in [4.78, 5) is 0. The van der Waals surface area contributed by atoms with Crippen molar-refractivity contribution in [1.82, 2.24) is 0 Å².